The molecule has 270 valence electrons. The molecule has 1 aliphatic rings. The largest absolute Gasteiger partial charge is 0.506 e. The van der Waals surface area contributed by atoms with Crippen molar-refractivity contribution >= 4 is 45.9 Å². The zero-order valence-electron chi connectivity index (χ0n) is 28.9. The van der Waals surface area contributed by atoms with Gasteiger partial charge in [-0.2, -0.15) is 0 Å². The van der Waals surface area contributed by atoms with Gasteiger partial charge in [0.1, 0.15) is 17.6 Å². The number of aromatic amines is 1. The first-order valence-electron chi connectivity index (χ1n) is 17.3. The molecule has 1 fully saturated rings. The van der Waals surface area contributed by atoms with Crippen LogP contribution in [0, 0.1) is 0 Å². The van der Waals surface area contributed by atoms with E-state index in [1.165, 1.54) is 6.07 Å². The summed E-state index contributed by atoms with van der Waals surface area (Å²) in [5, 5.41) is 20.6. The topological polar surface area (TPSA) is 145 Å². The molecule has 0 saturated carbocycles. The minimum absolute atomic E-state index is 0.0337. The number of amides is 2. The fourth-order valence-electron chi connectivity index (χ4n) is 6.45. The van der Waals surface area contributed by atoms with E-state index < -0.39 is 6.09 Å². The standard InChI is InChI=1S/C40H42ClN5O6/c1-51-36-24-34(32(41)23-28(36)25-42-19-15-27-11-13-35(47)39-31(27)12-14-37(48)45-39)43-38(49)18-22-46-20-16-29(17-21-46)52-40(50)44-33-10-6-5-9-30(33)26-7-3-2-4-8-26/h2-14,23-24,29,42,47H,15-22,25H2,1H3,(H,43,49)(H,44,50)(H,45,48). The van der Waals surface area contributed by atoms with Crippen molar-refractivity contribution in [1.82, 2.24) is 15.2 Å². The van der Waals surface area contributed by atoms with Crippen LogP contribution in [0.2, 0.25) is 5.02 Å². The number of ether oxygens (including phenoxy) is 2. The molecule has 52 heavy (non-hydrogen) atoms. The predicted molar refractivity (Wildman–Crippen MR) is 204 cm³/mol. The molecule has 0 unspecified atom stereocenters. The Morgan fingerprint density at radius 1 is 0.923 bits per heavy atom. The lowest BCUT2D eigenvalue weighted by Gasteiger charge is -2.31. The summed E-state index contributed by atoms with van der Waals surface area (Å²) in [5.41, 5.74) is 5.09. The highest BCUT2D eigenvalue weighted by Gasteiger charge is 2.23. The summed E-state index contributed by atoms with van der Waals surface area (Å²) in [7, 11) is 1.57. The highest BCUT2D eigenvalue weighted by molar-refractivity contribution is 6.33. The second-order valence-corrected chi connectivity index (χ2v) is 13.1. The maximum Gasteiger partial charge on any atom is 0.411 e. The molecule has 5 N–H and O–H groups in total. The van der Waals surface area contributed by atoms with E-state index in [-0.39, 0.29) is 29.7 Å². The van der Waals surface area contributed by atoms with Crippen LogP contribution in [-0.2, 0) is 22.5 Å². The lowest BCUT2D eigenvalue weighted by molar-refractivity contribution is -0.116. The molecule has 12 heteroatoms. The van der Waals surface area contributed by atoms with Crippen molar-refractivity contribution in [3.63, 3.8) is 0 Å². The molecule has 4 aromatic carbocycles. The third-order valence-corrected chi connectivity index (χ3v) is 9.52. The molecule has 11 nitrogen and oxygen atoms in total. The van der Waals surface area contributed by atoms with Crippen LogP contribution < -0.4 is 26.2 Å². The van der Waals surface area contributed by atoms with E-state index in [0.29, 0.717) is 79.6 Å². The van der Waals surface area contributed by atoms with Gasteiger partial charge in [-0.1, -0.05) is 66.2 Å². The van der Waals surface area contributed by atoms with Crippen molar-refractivity contribution < 1.29 is 24.2 Å². The number of rotatable bonds is 13. The number of fused-ring (bicyclic) bond motifs is 1. The number of hydrogen-bond acceptors (Lipinski definition) is 8. The average molecular weight is 724 g/mol. The van der Waals surface area contributed by atoms with Gasteiger partial charge in [0.25, 0.3) is 0 Å². The number of anilines is 2. The first kappa shape index (κ1) is 36.4. The highest BCUT2D eigenvalue weighted by atomic mass is 35.5. The van der Waals surface area contributed by atoms with E-state index in [4.69, 9.17) is 21.1 Å². The summed E-state index contributed by atoms with van der Waals surface area (Å²) in [5.74, 6) is 0.466. The Bertz CT molecular complexity index is 2080. The third kappa shape index (κ3) is 9.29. The number of H-pyrrole nitrogens is 1. The lowest BCUT2D eigenvalue weighted by Crippen LogP contribution is -2.39. The van der Waals surface area contributed by atoms with Gasteiger partial charge in [0.2, 0.25) is 11.5 Å². The Hall–Kier alpha value is -5.36. The highest BCUT2D eigenvalue weighted by Crippen LogP contribution is 2.32. The Kier molecular flexibility index (Phi) is 12.1. The zero-order chi connectivity index (χ0) is 36.5. The molecular formula is C40H42ClN5O6. The van der Waals surface area contributed by atoms with Crippen molar-refractivity contribution in [1.29, 1.82) is 0 Å². The maximum atomic E-state index is 12.9. The number of benzene rings is 4. The van der Waals surface area contributed by atoms with Crippen LogP contribution in [0.1, 0.15) is 30.4 Å². The lowest BCUT2D eigenvalue weighted by atomic mass is 10.0. The van der Waals surface area contributed by atoms with Crippen LogP contribution in [0.3, 0.4) is 0 Å². The molecule has 1 aromatic heterocycles. The van der Waals surface area contributed by atoms with E-state index in [2.05, 4.69) is 25.8 Å². The van der Waals surface area contributed by atoms with Crippen LogP contribution in [0.15, 0.2) is 95.8 Å². The number of nitrogens with one attached hydrogen (secondary N) is 4. The summed E-state index contributed by atoms with van der Waals surface area (Å²) >= 11 is 6.59. The first-order chi connectivity index (χ1) is 25.3. The number of piperidine rings is 1. The van der Waals surface area contributed by atoms with Gasteiger partial charge < -0.3 is 35.1 Å². The number of hydrogen-bond donors (Lipinski definition) is 5. The predicted octanol–water partition coefficient (Wildman–Crippen LogP) is 6.94. The Balaban J connectivity index is 0.931. The molecule has 6 rings (SSSR count). The van der Waals surface area contributed by atoms with Gasteiger partial charge in [0, 0.05) is 61.2 Å². The van der Waals surface area contributed by atoms with E-state index in [1.54, 1.807) is 31.4 Å². The minimum Gasteiger partial charge on any atom is -0.506 e. The van der Waals surface area contributed by atoms with Crippen LogP contribution >= 0.6 is 11.6 Å². The van der Waals surface area contributed by atoms with Crippen molar-refractivity contribution in [2.75, 3.05) is 43.9 Å². The summed E-state index contributed by atoms with van der Waals surface area (Å²) in [4.78, 5) is 42.3. The summed E-state index contributed by atoms with van der Waals surface area (Å²) in [6.07, 6.45) is 1.63. The van der Waals surface area contributed by atoms with Crippen molar-refractivity contribution in [2.24, 2.45) is 0 Å². The molecular weight excluding hydrogens is 682 g/mol. The molecule has 2 amide bonds. The number of likely N-dealkylation sites (tertiary alicyclic amines) is 1. The van der Waals surface area contributed by atoms with E-state index >= 15 is 0 Å². The van der Waals surface area contributed by atoms with E-state index in [0.717, 1.165) is 27.6 Å². The molecule has 0 bridgehead atoms. The molecule has 5 aromatic rings. The van der Waals surface area contributed by atoms with Crippen LogP contribution in [0.25, 0.3) is 22.0 Å². The maximum absolute atomic E-state index is 12.9. The second kappa shape index (κ2) is 17.2. The first-order valence-corrected chi connectivity index (χ1v) is 17.7. The van der Waals surface area contributed by atoms with Crippen LogP contribution in [0.5, 0.6) is 11.5 Å². The van der Waals surface area contributed by atoms with Gasteiger partial charge >= 0.3 is 6.09 Å². The van der Waals surface area contributed by atoms with Crippen molar-refractivity contribution in [3.05, 3.63) is 117 Å². The number of aromatic nitrogens is 1. The Labute approximate surface area is 306 Å². The monoisotopic (exact) mass is 723 g/mol. The van der Waals surface area contributed by atoms with Crippen LogP contribution in [0.4, 0.5) is 16.2 Å². The molecule has 1 saturated heterocycles. The smallest absolute Gasteiger partial charge is 0.411 e. The van der Waals surface area contributed by atoms with E-state index in [1.807, 2.05) is 60.7 Å². The molecule has 1 aliphatic heterocycles. The van der Waals surface area contributed by atoms with Crippen molar-refractivity contribution in [2.45, 2.75) is 38.3 Å². The number of phenolic OH excluding ortho intramolecular Hbond substituents is 1. The average Bonchev–Trinajstić information content (AvgIpc) is 3.15. The number of halogens is 1. The number of methoxy groups -OCH3 is 1. The zero-order valence-corrected chi connectivity index (χ0v) is 29.7. The molecule has 0 spiro atoms. The quantitative estimate of drug-likeness (QED) is 0.0823. The minimum atomic E-state index is -0.474. The number of phenols is 1. The summed E-state index contributed by atoms with van der Waals surface area (Å²) in [6, 6.07) is 27.6. The molecule has 0 atom stereocenters. The van der Waals surface area contributed by atoms with Crippen molar-refractivity contribution in [3.8, 4) is 22.6 Å². The number of aromatic hydroxyl groups is 1. The Morgan fingerprint density at radius 2 is 1.69 bits per heavy atom. The SMILES string of the molecule is COc1cc(NC(=O)CCN2CCC(OC(=O)Nc3ccccc3-c3ccccc3)CC2)c(Cl)cc1CNCCc1ccc(O)c2[nH]c(=O)ccc12. The number of nitrogens with zero attached hydrogens (tertiary/aromatic N) is 1. The fourth-order valence-corrected chi connectivity index (χ4v) is 6.69. The fraction of sp³-hybridized carbons (Fsp3) is 0.275. The third-order valence-electron chi connectivity index (χ3n) is 9.21. The van der Waals surface area contributed by atoms with Gasteiger partial charge in [-0.3, -0.25) is 14.9 Å². The number of carbonyl (C=O) groups is 2. The number of carbonyl (C=O) groups excluding carboxylic acids is 2. The van der Waals surface area contributed by atoms with E-state index in [9.17, 15) is 19.5 Å². The van der Waals surface area contributed by atoms with Gasteiger partial charge in [0.05, 0.1) is 29.0 Å². The van der Waals surface area contributed by atoms with Gasteiger partial charge in [0.15, 0.2) is 0 Å². The van der Waals surface area contributed by atoms with Crippen LogP contribution in [-0.4, -0.2) is 66.4 Å². The van der Waals surface area contributed by atoms with Gasteiger partial charge in [-0.25, -0.2) is 4.79 Å². The van der Waals surface area contributed by atoms with Gasteiger partial charge in [-0.15, -0.1) is 0 Å². The molecule has 2 heterocycles. The summed E-state index contributed by atoms with van der Waals surface area (Å²) < 4.78 is 11.4. The number of para-hydroxylation sites is 1. The molecule has 0 radical (unpaired) electrons. The summed E-state index contributed by atoms with van der Waals surface area (Å²) in [6.45, 7) is 3.10. The second-order valence-electron chi connectivity index (χ2n) is 12.7. The molecule has 0 aliphatic carbocycles. The normalized spacial score (nSPS) is 13.5. The number of pyridine rings is 1. The van der Waals surface area contributed by atoms with Gasteiger partial charge in [-0.05, 0) is 61.2 Å². The Morgan fingerprint density at radius 3 is 2.48 bits per heavy atom.